The number of rotatable bonds is 5. The molecule has 0 aliphatic carbocycles. The van der Waals surface area contributed by atoms with Crippen LogP contribution in [-0.4, -0.2) is 42.3 Å². The molecule has 1 fully saturated rings. The Bertz CT molecular complexity index is 688. The molecule has 23 heavy (non-hydrogen) atoms. The maximum atomic E-state index is 12.2. The first kappa shape index (κ1) is 17.4. The highest BCUT2D eigenvalue weighted by Crippen LogP contribution is 2.33. The zero-order chi connectivity index (χ0) is 17.0. The Morgan fingerprint density at radius 1 is 1.39 bits per heavy atom. The van der Waals surface area contributed by atoms with E-state index in [1.54, 1.807) is 31.2 Å². The maximum absolute atomic E-state index is 12.2. The zero-order valence-corrected chi connectivity index (χ0v) is 14.1. The molecule has 2 amide bonds. The third-order valence-electron chi connectivity index (χ3n) is 2.94. The van der Waals surface area contributed by atoms with E-state index in [9.17, 15) is 14.4 Å². The molecule has 1 aromatic carbocycles. The normalized spacial score (nSPS) is 16.1. The lowest BCUT2D eigenvalue weighted by atomic mass is 10.2. The molecule has 1 heterocycles. The SMILES string of the molecule is CCOC(=O)CN1C(=O)S/C(=C/c2ccc(OC)c(Cl)c2)C1=O. The number of hydrogen-bond donors (Lipinski definition) is 0. The summed E-state index contributed by atoms with van der Waals surface area (Å²) in [6, 6.07) is 5.00. The molecular weight excluding hydrogens is 342 g/mol. The van der Waals surface area contributed by atoms with Gasteiger partial charge in [-0.25, -0.2) is 0 Å². The third-order valence-corrected chi connectivity index (χ3v) is 4.14. The van der Waals surface area contributed by atoms with Gasteiger partial charge in [-0.1, -0.05) is 17.7 Å². The van der Waals surface area contributed by atoms with Gasteiger partial charge in [-0.3, -0.25) is 19.3 Å². The van der Waals surface area contributed by atoms with Crippen molar-refractivity contribution in [3.8, 4) is 5.75 Å². The van der Waals surface area contributed by atoms with Crippen molar-refractivity contribution in [2.75, 3.05) is 20.3 Å². The van der Waals surface area contributed by atoms with E-state index in [4.69, 9.17) is 21.1 Å². The lowest BCUT2D eigenvalue weighted by Crippen LogP contribution is -2.34. The number of hydrogen-bond acceptors (Lipinski definition) is 6. The highest BCUT2D eigenvalue weighted by Gasteiger charge is 2.36. The predicted octanol–water partition coefficient (Wildman–Crippen LogP) is 2.95. The van der Waals surface area contributed by atoms with Crippen molar-refractivity contribution >= 4 is 46.6 Å². The van der Waals surface area contributed by atoms with Crippen molar-refractivity contribution in [2.24, 2.45) is 0 Å². The summed E-state index contributed by atoms with van der Waals surface area (Å²) in [5.41, 5.74) is 0.650. The molecule has 0 unspecified atom stereocenters. The monoisotopic (exact) mass is 355 g/mol. The van der Waals surface area contributed by atoms with Crippen LogP contribution in [0.1, 0.15) is 12.5 Å². The minimum Gasteiger partial charge on any atom is -0.495 e. The Morgan fingerprint density at radius 2 is 2.13 bits per heavy atom. The zero-order valence-electron chi connectivity index (χ0n) is 12.5. The second-order valence-electron chi connectivity index (χ2n) is 4.47. The van der Waals surface area contributed by atoms with Gasteiger partial charge in [0.2, 0.25) is 0 Å². The van der Waals surface area contributed by atoms with E-state index in [2.05, 4.69) is 0 Å². The number of esters is 1. The standard InChI is InChI=1S/C15H14ClNO5S/c1-3-22-13(18)8-17-14(19)12(23-15(17)20)7-9-4-5-11(21-2)10(16)6-9/h4-7H,3,8H2,1-2H3/b12-7+. The number of halogens is 1. The average Bonchev–Trinajstić information content (AvgIpc) is 2.75. The number of nitrogens with zero attached hydrogens (tertiary/aromatic N) is 1. The Kier molecular flexibility index (Phi) is 5.68. The van der Waals surface area contributed by atoms with Crippen LogP contribution in [0.5, 0.6) is 5.75 Å². The molecule has 6 nitrogen and oxygen atoms in total. The van der Waals surface area contributed by atoms with Crippen LogP contribution in [0.15, 0.2) is 23.1 Å². The fourth-order valence-electron chi connectivity index (χ4n) is 1.90. The van der Waals surface area contributed by atoms with Gasteiger partial charge in [0, 0.05) is 0 Å². The van der Waals surface area contributed by atoms with Crippen LogP contribution in [0.4, 0.5) is 4.79 Å². The lowest BCUT2D eigenvalue weighted by Gasteiger charge is -2.10. The van der Waals surface area contributed by atoms with E-state index >= 15 is 0 Å². The topological polar surface area (TPSA) is 72.9 Å². The highest BCUT2D eigenvalue weighted by atomic mass is 35.5. The summed E-state index contributed by atoms with van der Waals surface area (Å²) in [6.45, 7) is 1.45. The van der Waals surface area contributed by atoms with Crippen molar-refractivity contribution in [3.63, 3.8) is 0 Å². The molecule has 0 N–H and O–H groups in total. The Hall–Kier alpha value is -1.99. The highest BCUT2D eigenvalue weighted by molar-refractivity contribution is 8.18. The van der Waals surface area contributed by atoms with E-state index in [0.717, 1.165) is 16.7 Å². The van der Waals surface area contributed by atoms with Crippen LogP contribution >= 0.6 is 23.4 Å². The molecule has 0 atom stereocenters. The molecule has 1 aromatic rings. The number of benzene rings is 1. The van der Waals surface area contributed by atoms with Crippen molar-refractivity contribution in [1.82, 2.24) is 4.90 Å². The number of amides is 2. The van der Waals surface area contributed by atoms with Crippen molar-refractivity contribution in [1.29, 1.82) is 0 Å². The molecule has 1 aliphatic heterocycles. The number of thioether (sulfide) groups is 1. The first-order valence-electron chi connectivity index (χ1n) is 6.70. The van der Waals surface area contributed by atoms with E-state index in [0.29, 0.717) is 16.3 Å². The summed E-state index contributed by atoms with van der Waals surface area (Å²) in [4.78, 5) is 36.6. The van der Waals surface area contributed by atoms with E-state index in [-0.39, 0.29) is 18.1 Å². The molecular formula is C15H14ClNO5S. The summed E-state index contributed by atoms with van der Waals surface area (Å²) in [5.74, 6) is -0.636. The lowest BCUT2D eigenvalue weighted by molar-refractivity contribution is -0.145. The smallest absolute Gasteiger partial charge is 0.326 e. The van der Waals surface area contributed by atoms with Gasteiger partial charge < -0.3 is 9.47 Å². The Morgan fingerprint density at radius 3 is 2.74 bits per heavy atom. The van der Waals surface area contributed by atoms with Crippen molar-refractivity contribution in [3.05, 3.63) is 33.7 Å². The summed E-state index contributed by atoms with van der Waals surface area (Å²) in [6.07, 6.45) is 1.54. The van der Waals surface area contributed by atoms with Crippen LogP contribution in [0.25, 0.3) is 6.08 Å². The summed E-state index contributed by atoms with van der Waals surface area (Å²) >= 11 is 6.80. The number of carbonyl (C=O) groups excluding carboxylic acids is 3. The average molecular weight is 356 g/mol. The van der Waals surface area contributed by atoms with E-state index in [1.807, 2.05) is 0 Å². The van der Waals surface area contributed by atoms with Crippen LogP contribution in [0, 0.1) is 0 Å². The molecule has 0 saturated carbocycles. The predicted molar refractivity (Wildman–Crippen MR) is 87.3 cm³/mol. The second-order valence-corrected chi connectivity index (χ2v) is 5.87. The summed E-state index contributed by atoms with van der Waals surface area (Å²) in [5, 5.41) is -0.110. The molecule has 1 aliphatic rings. The molecule has 2 rings (SSSR count). The summed E-state index contributed by atoms with van der Waals surface area (Å²) < 4.78 is 9.80. The molecule has 0 aromatic heterocycles. The van der Waals surface area contributed by atoms with Gasteiger partial charge in [0.25, 0.3) is 11.1 Å². The number of imide groups is 1. The van der Waals surface area contributed by atoms with Crippen molar-refractivity contribution < 1.29 is 23.9 Å². The van der Waals surface area contributed by atoms with Crippen molar-refractivity contribution in [2.45, 2.75) is 6.92 Å². The quantitative estimate of drug-likeness (QED) is 0.597. The number of methoxy groups -OCH3 is 1. The Balaban J connectivity index is 2.18. The second kappa shape index (κ2) is 7.52. The van der Waals surface area contributed by atoms with Gasteiger partial charge in [-0.2, -0.15) is 0 Å². The Labute approximate surface area is 142 Å². The fraction of sp³-hybridized carbons (Fsp3) is 0.267. The molecule has 122 valence electrons. The minimum atomic E-state index is -0.622. The maximum Gasteiger partial charge on any atom is 0.326 e. The van der Waals surface area contributed by atoms with Crippen LogP contribution < -0.4 is 4.74 Å². The first-order valence-corrected chi connectivity index (χ1v) is 7.90. The number of ether oxygens (including phenoxy) is 2. The van der Waals surface area contributed by atoms with Gasteiger partial charge in [0.15, 0.2) is 0 Å². The van der Waals surface area contributed by atoms with E-state index in [1.165, 1.54) is 7.11 Å². The largest absolute Gasteiger partial charge is 0.495 e. The molecule has 0 spiro atoms. The van der Waals surface area contributed by atoms with Gasteiger partial charge in [-0.05, 0) is 42.5 Å². The van der Waals surface area contributed by atoms with Crippen LogP contribution in [0.3, 0.4) is 0 Å². The van der Waals surface area contributed by atoms with Gasteiger partial charge >= 0.3 is 5.97 Å². The molecule has 8 heteroatoms. The fourth-order valence-corrected chi connectivity index (χ4v) is 3.00. The molecule has 0 bridgehead atoms. The minimum absolute atomic E-state index is 0.190. The molecule has 1 saturated heterocycles. The van der Waals surface area contributed by atoms with Gasteiger partial charge in [0.05, 0.1) is 23.6 Å². The first-order chi connectivity index (χ1) is 11.0. The van der Waals surface area contributed by atoms with E-state index < -0.39 is 17.1 Å². The van der Waals surface area contributed by atoms with Crippen LogP contribution in [0.2, 0.25) is 5.02 Å². The third kappa shape index (κ3) is 4.05. The molecule has 0 radical (unpaired) electrons. The number of carbonyl (C=O) groups is 3. The summed E-state index contributed by atoms with van der Waals surface area (Å²) in [7, 11) is 1.50. The van der Waals surface area contributed by atoms with Crippen LogP contribution in [-0.2, 0) is 14.3 Å². The van der Waals surface area contributed by atoms with Gasteiger partial charge in [-0.15, -0.1) is 0 Å². The van der Waals surface area contributed by atoms with Gasteiger partial charge in [0.1, 0.15) is 12.3 Å².